The highest BCUT2D eigenvalue weighted by Gasteiger charge is 2.39. The lowest BCUT2D eigenvalue weighted by Gasteiger charge is -2.37. The van der Waals surface area contributed by atoms with Crippen molar-refractivity contribution in [2.75, 3.05) is 37.8 Å². The molecule has 0 radical (unpaired) electrons. The number of hydrazone groups is 1. The smallest absolute Gasteiger partial charge is 0.354 e. The molecule has 1 saturated heterocycles. The third-order valence-corrected chi connectivity index (χ3v) is 5.52. The summed E-state index contributed by atoms with van der Waals surface area (Å²) in [4.78, 5) is 34.2. The molecule has 1 aromatic heterocycles. The Kier molecular flexibility index (Phi) is 6.57. The van der Waals surface area contributed by atoms with E-state index in [1.54, 1.807) is 18.1 Å². The van der Waals surface area contributed by atoms with Crippen molar-refractivity contribution < 1.29 is 14.3 Å². The number of piperazine rings is 1. The van der Waals surface area contributed by atoms with Gasteiger partial charge in [-0.1, -0.05) is 24.3 Å². The molecule has 1 atom stereocenters. The number of carbonyl (C=O) groups is 2. The highest BCUT2D eigenvalue weighted by Crippen LogP contribution is 2.26. The van der Waals surface area contributed by atoms with Crippen molar-refractivity contribution in [3.63, 3.8) is 0 Å². The van der Waals surface area contributed by atoms with Crippen molar-refractivity contribution in [2.45, 2.75) is 25.9 Å². The Morgan fingerprint density at radius 1 is 1.03 bits per heavy atom. The maximum Gasteiger partial charge on any atom is 0.354 e. The van der Waals surface area contributed by atoms with Crippen molar-refractivity contribution in [2.24, 2.45) is 5.10 Å². The maximum atomic E-state index is 13.4. The van der Waals surface area contributed by atoms with E-state index in [2.05, 4.69) is 15.0 Å². The average molecular weight is 422 g/mol. The van der Waals surface area contributed by atoms with Crippen LogP contribution in [0.2, 0.25) is 0 Å². The van der Waals surface area contributed by atoms with Crippen LogP contribution in [0, 0.1) is 0 Å². The minimum Gasteiger partial charge on any atom is -0.461 e. The normalized spacial score (nSPS) is 19.3. The molecule has 4 rings (SSSR count). The highest BCUT2D eigenvalue weighted by atomic mass is 16.5. The predicted octanol–water partition coefficient (Wildman–Crippen LogP) is 1.92. The van der Waals surface area contributed by atoms with Gasteiger partial charge in [0.05, 0.1) is 18.0 Å². The van der Waals surface area contributed by atoms with E-state index in [1.807, 2.05) is 53.4 Å². The standard InChI is InChI=1S/C23H27N5O3/c1-2-31-23(30)20-16-21(28(25-20)19-9-4-3-5-10-19)22(29)27-14-12-26(13-15-27)17-18-8-6-7-11-24-18/h3-11,21H,2,12-17H2,1H3. The fourth-order valence-electron chi connectivity index (χ4n) is 3.92. The number of hydrogen-bond donors (Lipinski definition) is 0. The van der Waals surface area contributed by atoms with Crippen LogP contribution in [0.4, 0.5) is 5.69 Å². The van der Waals surface area contributed by atoms with Crippen molar-refractivity contribution in [1.82, 2.24) is 14.8 Å². The molecule has 1 amide bonds. The van der Waals surface area contributed by atoms with Crippen LogP contribution in [-0.4, -0.2) is 71.2 Å². The van der Waals surface area contributed by atoms with Crippen LogP contribution in [0.15, 0.2) is 59.8 Å². The summed E-state index contributed by atoms with van der Waals surface area (Å²) in [7, 11) is 0. The number of carbonyl (C=O) groups excluding carboxylic acids is 2. The zero-order valence-corrected chi connectivity index (χ0v) is 17.7. The zero-order valence-electron chi connectivity index (χ0n) is 17.7. The van der Waals surface area contributed by atoms with E-state index >= 15 is 0 Å². The summed E-state index contributed by atoms with van der Waals surface area (Å²) < 4.78 is 5.12. The van der Waals surface area contributed by atoms with Crippen molar-refractivity contribution in [3.05, 3.63) is 60.4 Å². The van der Waals surface area contributed by atoms with Crippen molar-refractivity contribution >= 4 is 23.3 Å². The number of amides is 1. The van der Waals surface area contributed by atoms with Crippen LogP contribution >= 0.6 is 0 Å². The van der Waals surface area contributed by atoms with E-state index in [9.17, 15) is 9.59 Å². The van der Waals surface area contributed by atoms with Gasteiger partial charge in [0.15, 0.2) is 0 Å². The van der Waals surface area contributed by atoms with Gasteiger partial charge in [-0.2, -0.15) is 5.10 Å². The third kappa shape index (κ3) is 4.91. The molecule has 0 saturated carbocycles. The summed E-state index contributed by atoms with van der Waals surface area (Å²) >= 11 is 0. The Morgan fingerprint density at radius 2 is 1.77 bits per heavy atom. The number of ether oxygens (including phenoxy) is 1. The Morgan fingerprint density at radius 3 is 2.45 bits per heavy atom. The monoisotopic (exact) mass is 421 g/mol. The lowest BCUT2D eigenvalue weighted by atomic mass is 10.1. The van der Waals surface area contributed by atoms with E-state index in [4.69, 9.17) is 4.74 Å². The van der Waals surface area contributed by atoms with E-state index < -0.39 is 12.0 Å². The first-order valence-electron chi connectivity index (χ1n) is 10.7. The lowest BCUT2D eigenvalue weighted by Crippen LogP contribution is -2.53. The first-order valence-corrected chi connectivity index (χ1v) is 10.7. The molecular formula is C23H27N5O3. The molecule has 0 bridgehead atoms. The Labute approximate surface area is 182 Å². The largest absolute Gasteiger partial charge is 0.461 e. The summed E-state index contributed by atoms with van der Waals surface area (Å²) in [6.45, 7) is 5.66. The second kappa shape index (κ2) is 9.70. The predicted molar refractivity (Wildman–Crippen MR) is 117 cm³/mol. The molecule has 8 heteroatoms. The molecule has 3 heterocycles. The van der Waals surface area contributed by atoms with Gasteiger partial charge >= 0.3 is 5.97 Å². The number of hydrogen-bond acceptors (Lipinski definition) is 7. The van der Waals surface area contributed by atoms with Gasteiger partial charge in [-0.3, -0.25) is 19.7 Å². The first-order chi connectivity index (χ1) is 15.2. The van der Waals surface area contributed by atoms with Crippen LogP contribution in [0.3, 0.4) is 0 Å². The maximum absolute atomic E-state index is 13.4. The second-order valence-corrected chi connectivity index (χ2v) is 7.59. The van der Waals surface area contributed by atoms with E-state index in [-0.39, 0.29) is 24.6 Å². The number of benzene rings is 1. The molecule has 0 N–H and O–H groups in total. The zero-order chi connectivity index (χ0) is 21.6. The Balaban J connectivity index is 1.42. The number of anilines is 1. The fraction of sp³-hybridized carbons (Fsp3) is 0.391. The first kappa shape index (κ1) is 21.0. The Bertz CT molecular complexity index is 927. The van der Waals surface area contributed by atoms with Crippen LogP contribution in [0.25, 0.3) is 0 Å². The number of esters is 1. The number of nitrogens with zero attached hydrogens (tertiary/aromatic N) is 5. The van der Waals surface area contributed by atoms with Gasteiger partial charge in [0.25, 0.3) is 0 Å². The van der Waals surface area contributed by atoms with Crippen LogP contribution < -0.4 is 5.01 Å². The molecule has 0 aliphatic carbocycles. The summed E-state index contributed by atoms with van der Waals surface area (Å²) in [5.74, 6) is -0.469. The number of para-hydroxylation sites is 1. The molecule has 2 aliphatic rings. The molecule has 2 aromatic rings. The molecule has 0 spiro atoms. The summed E-state index contributed by atoms with van der Waals surface area (Å²) in [6.07, 6.45) is 2.05. The van der Waals surface area contributed by atoms with Crippen LogP contribution in [0.1, 0.15) is 19.0 Å². The van der Waals surface area contributed by atoms with E-state index in [0.717, 1.165) is 31.0 Å². The van der Waals surface area contributed by atoms with Gasteiger partial charge in [0.2, 0.25) is 5.91 Å². The third-order valence-electron chi connectivity index (χ3n) is 5.52. The molecule has 2 aliphatic heterocycles. The van der Waals surface area contributed by atoms with Gasteiger partial charge in [0, 0.05) is 45.3 Å². The molecule has 8 nitrogen and oxygen atoms in total. The minimum atomic E-state index is -0.538. The van der Waals surface area contributed by atoms with E-state index in [0.29, 0.717) is 13.1 Å². The topological polar surface area (TPSA) is 78.3 Å². The molecule has 1 aromatic carbocycles. The van der Waals surface area contributed by atoms with Gasteiger partial charge in [0.1, 0.15) is 11.8 Å². The highest BCUT2D eigenvalue weighted by molar-refractivity contribution is 6.38. The molecular weight excluding hydrogens is 394 g/mol. The van der Waals surface area contributed by atoms with Gasteiger partial charge in [-0.15, -0.1) is 0 Å². The molecule has 31 heavy (non-hydrogen) atoms. The Hall–Kier alpha value is -3.26. The summed E-state index contributed by atoms with van der Waals surface area (Å²) in [5, 5.41) is 6.12. The van der Waals surface area contributed by atoms with E-state index in [1.165, 1.54) is 0 Å². The minimum absolute atomic E-state index is 0.00983. The van der Waals surface area contributed by atoms with Gasteiger partial charge in [-0.25, -0.2) is 4.79 Å². The SMILES string of the molecule is CCOC(=O)C1=NN(c2ccccc2)C(C(=O)N2CCN(Cc3ccccn3)CC2)C1. The second-order valence-electron chi connectivity index (χ2n) is 7.59. The molecule has 1 unspecified atom stereocenters. The lowest BCUT2D eigenvalue weighted by molar-refractivity contribution is -0.135. The van der Waals surface area contributed by atoms with Crippen molar-refractivity contribution in [1.29, 1.82) is 0 Å². The summed E-state index contributed by atoms with van der Waals surface area (Å²) in [5.41, 5.74) is 2.10. The summed E-state index contributed by atoms with van der Waals surface area (Å²) in [6, 6.07) is 14.9. The molecule has 1 fully saturated rings. The van der Waals surface area contributed by atoms with Crippen molar-refractivity contribution in [3.8, 4) is 0 Å². The van der Waals surface area contributed by atoms with Gasteiger partial charge in [-0.05, 0) is 31.2 Å². The van der Waals surface area contributed by atoms with Crippen LogP contribution in [0.5, 0.6) is 0 Å². The van der Waals surface area contributed by atoms with Crippen LogP contribution in [-0.2, 0) is 20.9 Å². The fourth-order valence-corrected chi connectivity index (χ4v) is 3.92. The quantitative estimate of drug-likeness (QED) is 0.664. The van der Waals surface area contributed by atoms with Gasteiger partial charge < -0.3 is 9.64 Å². The average Bonchev–Trinajstić information content (AvgIpc) is 3.26. The number of rotatable bonds is 6. The molecule has 162 valence electrons. The number of aromatic nitrogens is 1. The number of pyridine rings is 1.